The van der Waals surface area contributed by atoms with Crippen molar-refractivity contribution < 1.29 is 76.3 Å². The average Bonchev–Trinajstić information content (AvgIpc) is 1.10. The number of rotatable bonds is 52. The van der Waals surface area contributed by atoms with Crippen molar-refractivity contribution in [3.8, 4) is 0 Å². The molecule has 4 rings (SSSR count). The Labute approximate surface area is 593 Å². The lowest BCUT2D eigenvalue weighted by Crippen LogP contribution is -2.34. The molecule has 4 aliphatic rings. The Balaban J connectivity index is 1.24. The van der Waals surface area contributed by atoms with Crippen LogP contribution in [0.15, 0.2) is 0 Å². The maximum Gasteiger partial charge on any atom is 0.307 e. The Kier molecular flexibility index (Phi) is 45.4. The van der Waals surface area contributed by atoms with Gasteiger partial charge in [0.2, 0.25) is 0 Å². The van der Waals surface area contributed by atoms with E-state index in [1.54, 1.807) is 0 Å². The third-order valence-electron chi connectivity index (χ3n) is 20.9. The summed E-state index contributed by atoms with van der Waals surface area (Å²) < 4.78 is 45.9. The van der Waals surface area contributed by atoms with Crippen LogP contribution in [0.5, 0.6) is 0 Å². The molecule has 0 aromatic heterocycles. The van der Waals surface area contributed by atoms with Crippen LogP contribution in [0.3, 0.4) is 0 Å². The molecule has 0 spiro atoms. The smallest absolute Gasteiger partial charge is 0.307 e. The Morgan fingerprint density at radius 2 is 0.408 bits per heavy atom. The zero-order valence-electron chi connectivity index (χ0n) is 63.2. The molecule has 0 unspecified atom stereocenters. The standard InChI is InChI=1S/C79H139N3O16/c1-60(2)16-10-20-72(83)91-52-64-24-32-68(33-25-64)56-95-76(87)40-48-81(49-41-77(88)96-57-69-34-26-65(27-35-69)53-92-73(84)21-11-17-61(3)4)46-14-44-80(9)45-15-47-82(50-42-78(89)97-58-70-36-28-66(29-37-70)54-93-74(85)22-12-18-62(5)6)51-43-79(90)98-59-71-38-30-67(31-39-71)55-94-75(86)23-13-19-63(7)8/h60-71H,10-59H2,1-9H3. The van der Waals surface area contributed by atoms with E-state index >= 15 is 0 Å². The van der Waals surface area contributed by atoms with E-state index in [1.807, 2.05) is 0 Å². The minimum Gasteiger partial charge on any atom is -0.465 e. The maximum absolute atomic E-state index is 13.3. The third kappa shape index (κ3) is 43.4. The van der Waals surface area contributed by atoms with Crippen molar-refractivity contribution in [1.82, 2.24) is 14.7 Å². The monoisotopic (exact) mass is 1390 g/mol. The summed E-state index contributed by atoms with van der Waals surface area (Å²) in [4.78, 5) is 109. The minimum absolute atomic E-state index is 0.113. The molecule has 19 nitrogen and oxygen atoms in total. The second-order valence-electron chi connectivity index (χ2n) is 31.8. The number of ether oxygens (including phenoxy) is 8. The normalized spacial score (nSPS) is 21.4. The van der Waals surface area contributed by atoms with Crippen LogP contribution < -0.4 is 0 Å². The first-order valence-electron chi connectivity index (χ1n) is 39.4. The number of hydrogen-bond donors (Lipinski definition) is 0. The van der Waals surface area contributed by atoms with Crippen LogP contribution in [0.1, 0.15) is 274 Å². The highest BCUT2D eigenvalue weighted by Crippen LogP contribution is 2.33. The zero-order valence-corrected chi connectivity index (χ0v) is 63.2. The number of carbonyl (C=O) groups is 8. The van der Waals surface area contributed by atoms with Crippen molar-refractivity contribution in [3.63, 3.8) is 0 Å². The van der Waals surface area contributed by atoms with Gasteiger partial charge in [-0.1, -0.05) is 81.1 Å². The summed E-state index contributed by atoms with van der Waals surface area (Å²) in [5.41, 5.74) is 0. The molecule has 0 atom stereocenters. The topological polar surface area (TPSA) is 220 Å². The Morgan fingerprint density at radius 3 is 0.571 bits per heavy atom. The molecule has 0 aromatic carbocycles. The summed E-state index contributed by atoms with van der Waals surface area (Å²) in [6.07, 6.45) is 26.7. The lowest BCUT2D eigenvalue weighted by molar-refractivity contribution is -0.148. The minimum atomic E-state index is -0.250. The van der Waals surface area contributed by atoms with E-state index in [0.717, 1.165) is 180 Å². The van der Waals surface area contributed by atoms with E-state index in [9.17, 15) is 38.4 Å². The van der Waals surface area contributed by atoms with Crippen LogP contribution in [0.2, 0.25) is 0 Å². The second-order valence-corrected chi connectivity index (χ2v) is 31.8. The van der Waals surface area contributed by atoms with Crippen LogP contribution >= 0.6 is 0 Å². The molecule has 4 saturated carbocycles. The van der Waals surface area contributed by atoms with Gasteiger partial charge in [0.25, 0.3) is 0 Å². The second kappa shape index (κ2) is 51.7. The van der Waals surface area contributed by atoms with Crippen LogP contribution in [-0.2, 0) is 76.3 Å². The molecule has 4 fully saturated rings. The van der Waals surface area contributed by atoms with Gasteiger partial charge in [-0.3, -0.25) is 38.4 Å². The summed E-state index contributed by atoms with van der Waals surface area (Å²) >= 11 is 0. The molecule has 566 valence electrons. The number of nitrogens with zero attached hydrogens (tertiary/aromatic N) is 3. The van der Waals surface area contributed by atoms with Gasteiger partial charge in [0.1, 0.15) is 0 Å². The Bertz CT molecular complexity index is 1910. The lowest BCUT2D eigenvalue weighted by atomic mass is 9.83. The quantitative estimate of drug-likeness (QED) is 0.0408. The summed E-state index contributed by atoms with van der Waals surface area (Å²) in [5, 5.41) is 0. The first-order chi connectivity index (χ1) is 47.0. The van der Waals surface area contributed by atoms with Gasteiger partial charge in [0.05, 0.1) is 78.5 Å². The van der Waals surface area contributed by atoms with Crippen LogP contribution in [0, 0.1) is 71.0 Å². The van der Waals surface area contributed by atoms with Crippen LogP contribution in [0.4, 0.5) is 0 Å². The van der Waals surface area contributed by atoms with Gasteiger partial charge >= 0.3 is 47.8 Å². The first-order valence-corrected chi connectivity index (χ1v) is 39.4. The van der Waals surface area contributed by atoms with E-state index < -0.39 is 0 Å². The molecule has 0 aliphatic heterocycles. The number of esters is 8. The van der Waals surface area contributed by atoms with Gasteiger partial charge in [-0.05, 0) is 245 Å². The highest BCUT2D eigenvalue weighted by molar-refractivity contribution is 5.72. The molecule has 0 saturated heterocycles. The SMILES string of the molecule is CC(C)CCCC(=O)OCC1CCC(COC(=O)CCN(CCCN(C)CCCN(CCC(=O)OCC2CCC(COC(=O)CCCC(C)C)CC2)CCC(=O)OCC2CCC(COC(=O)CCCC(C)C)CC2)CCC(=O)OCC2CCC(COC(=O)CCCC(C)C)CC2)CC1. The summed E-state index contributed by atoms with van der Waals surface area (Å²) in [5.74, 6) is 3.28. The highest BCUT2D eigenvalue weighted by Gasteiger charge is 2.29. The van der Waals surface area contributed by atoms with Gasteiger partial charge in [0, 0.05) is 51.9 Å². The van der Waals surface area contributed by atoms with Crippen molar-refractivity contribution in [2.24, 2.45) is 71.0 Å². The van der Waals surface area contributed by atoms with Crippen LogP contribution in [-0.4, -0.2) is 175 Å². The maximum atomic E-state index is 13.3. The predicted octanol–water partition coefficient (Wildman–Crippen LogP) is 14.7. The van der Waals surface area contributed by atoms with Crippen molar-refractivity contribution >= 4 is 47.8 Å². The molecule has 0 radical (unpaired) electrons. The third-order valence-corrected chi connectivity index (χ3v) is 20.9. The molecule has 19 heteroatoms. The fraction of sp³-hybridized carbons (Fsp3) is 0.899. The average molecular weight is 1390 g/mol. The molecular formula is C79H139N3O16. The number of hydrogen-bond acceptors (Lipinski definition) is 19. The van der Waals surface area contributed by atoms with E-state index in [0.29, 0.717) is 165 Å². The van der Waals surface area contributed by atoms with Gasteiger partial charge in [0.15, 0.2) is 0 Å². The summed E-state index contributed by atoms with van der Waals surface area (Å²) in [7, 11) is 2.09. The summed E-state index contributed by atoms with van der Waals surface area (Å²) in [6, 6.07) is 0. The van der Waals surface area contributed by atoms with Gasteiger partial charge in [-0.15, -0.1) is 0 Å². The largest absolute Gasteiger partial charge is 0.465 e. The molecule has 0 aromatic rings. The highest BCUT2D eigenvalue weighted by atomic mass is 16.6. The molecule has 0 heterocycles. The molecule has 0 amide bonds. The van der Waals surface area contributed by atoms with E-state index in [-0.39, 0.29) is 97.1 Å². The van der Waals surface area contributed by atoms with E-state index in [1.165, 1.54) is 0 Å². The Hall–Kier alpha value is -4.36. The first kappa shape index (κ1) is 86.0. The predicted molar refractivity (Wildman–Crippen MR) is 382 cm³/mol. The van der Waals surface area contributed by atoms with Crippen molar-refractivity contribution in [2.45, 2.75) is 274 Å². The molecule has 0 N–H and O–H groups in total. The molecule has 0 bridgehead atoms. The fourth-order valence-electron chi connectivity index (χ4n) is 14.1. The van der Waals surface area contributed by atoms with Crippen molar-refractivity contribution in [3.05, 3.63) is 0 Å². The Morgan fingerprint density at radius 1 is 0.245 bits per heavy atom. The van der Waals surface area contributed by atoms with Crippen molar-refractivity contribution in [1.29, 1.82) is 0 Å². The summed E-state index contributed by atoms with van der Waals surface area (Å²) in [6.45, 7) is 25.3. The van der Waals surface area contributed by atoms with Crippen LogP contribution in [0.25, 0.3) is 0 Å². The van der Waals surface area contributed by atoms with Gasteiger partial charge in [-0.25, -0.2) is 0 Å². The van der Waals surface area contributed by atoms with E-state index in [2.05, 4.69) is 77.1 Å². The van der Waals surface area contributed by atoms with Gasteiger partial charge < -0.3 is 52.6 Å². The molecule has 98 heavy (non-hydrogen) atoms. The van der Waals surface area contributed by atoms with Crippen molar-refractivity contribution in [2.75, 3.05) is 112 Å². The molecular weight excluding hydrogens is 1250 g/mol. The van der Waals surface area contributed by atoms with E-state index in [4.69, 9.17) is 37.9 Å². The number of carbonyl (C=O) groups excluding carboxylic acids is 8. The zero-order chi connectivity index (χ0) is 71.3. The molecule has 4 aliphatic carbocycles. The lowest BCUT2D eigenvalue weighted by Gasteiger charge is -2.28. The van der Waals surface area contributed by atoms with Gasteiger partial charge in [-0.2, -0.15) is 0 Å². The fourth-order valence-corrected chi connectivity index (χ4v) is 14.1.